The van der Waals surface area contributed by atoms with E-state index in [-0.39, 0.29) is 18.4 Å². The largest absolute Gasteiger partial charge is 0.484 e. The summed E-state index contributed by atoms with van der Waals surface area (Å²) in [4.78, 5) is 27.0. The Hall–Kier alpha value is -2.82. The van der Waals surface area contributed by atoms with E-state index < -0.39 is 6.04 Å². The summed E-state index contributed by atoms with van der Waals surface area (Å²) in [5.74, 6) is 0.282. The summed E-state index contributed by atoms with van der Waals surface area (Å²) in [5, 5.41) is 2.83. The van der Waals surface area contributed by atoms with Gasteiger partial charge in [-0.25, -0.2) is 0 Å². The molecule has 1 N–H and O–H groups in total. The molecule has 1 atom stereocenters. The van der Waals surface area contributed by atoms with Gasteiger partial charge in [-0.1, -0.05) is 55.0 Å². The number of likely N-dealkylation sites (N-methyl/N-ethyl adjacent to an activating group) is 1. The zero-order valence-electron chi connectivity index (χ0n) is 16.3. The van der Waals surface area contributed by atoms with Crippen LogP contribution in [-0.2, 0) is 16.1 Å². The zero-order chi connectivity index (χ0) is 19.6. The maximum absolute atomic E-state index is 12.9. The summed E-state index contributed by atoms with van der Waals surface area (Å²) >= 11 is 0. The van der Waals surface area contributed by atoms with Crippen LogP contribution in [-0.4, -0.2) is 35.9 Å². The number of aryl methyl sites for hydroxylation is 1. The lowest BCUT2D eigenvalue weighted by atomic mass is 10.1. The second kappa shape index (κ2) is 10.4. The standard InChI is InChI=1S/C22H28N2O3/c1-4-20(22(26)23-5-2)24(15-18-13-11-17(3)12-14-18)21(25)16-27-19-9-7-6-8-10-19/h6-14,20H,4-5,15-16H2,1-3H3,(H,23,26)/t20-/m1/s1. The molecule has 5 nitrogen and oxygen atoms in total. The number of hydrogen-bond donors (Lipinski definition) is 1. The summed E-state index contributed by atoms with van der Waals surface area (Å²) in [6, 6.07) is 16.7. The highest BCUT2D eigenvalue weighted by atomic mass is 16.5. The number of hydrogen-bond acceptors (Lipinski definition) is 3. The van der Waals surface area contributed by atoms with Crippen LogP contribution in [0.25, 0.3) is 0 Å². The van der Waals surface area contributed by atoms with Gasteiger partial charge in [0.2, 0.25) is 5.91 Å². The number of para-hydroxylation sites is 1. The van der Waals surface area contributed by atoms with Crippen LogP contribution in [0.1, 0.15) is 31.4 Å². The van der Waals surface area contributed by atoms with E-state index in [4.69, 9.17) is 4.74 Å². The molecule has 0 spiro atoms. The summed E-state index contributed by atoms with van der Waals surface area (Å²) in [7, 11) is 0. The van der Waals surface area contributed by atoms with Crippen molar-refractivity contribution in [3.8, 4) is 5.75 Å². The van der Waals surface area contributed by atoms with Gasteiger partial charge >= 0.3 is 0 Å². The van der Waals surface area contributed by atoms with Crippen molar-refractivity contribution in [2.24, 2.45) is 0 Å². The Morgan fingerprint density at radius 2 is 1.70 bits per heavy atom. The van der Waals surface area contributed by atoms with Gasteiger partial charge in [-0.3, -0.25) is 9.59 Å². The third-order valence-corrected chi connectivity index (χ3v) is 4.32. The second-order valence-electron chi connectivity index (χ2n) is 6.43. The van der Waals surface area contributed by atoms with Crippen LogP contribution in [0.4, 0.5) is 0 Å². The van der Waals surface area contributed by atoms with Gasteiger partial charge in [-0.2, -0.15) is 0 Å². The number of benzene rings is 2. The van der Waals surface area contributed by atoms with E-state index in [9.17, 15) is 9.59 Å². The van der Waals surface area contributed by atoms with Crippen molar-refractivity contribution in [1.82, 2.24) is 10.2 Å². The topological polar surface area (TPSA) is 58.6 Å². The molecule has 0 aliphatic heterocycles. The smallest absolute Gasteiger partial charge is 0.261 e. The Balaban J connectivity index is 2.17. The zero-order valence-corrected chi connectivity index (χ0v) is 16.3. The molecule has 0 aliphatic carbocycles. The summed E-state index contributed by atoms with van der Waals surface area (Å²) in [6.07, 6.45) is 0.536. The molecule has 0 heterocycles. The lowest BCUT2D eigenvalue weighted by Gasteiger charge is -2.30. The predicted molar refractivity (Wildman–Crippen MR) is 106 cm³/mol. The first kappa shape index (κ1) is 20.5. The highest BCUT2D eigenvalue weighted by molar-refractivity contribution is 5.88. The van der Waals surface area contributed by atoms with E-state index in [0.29, 0.717) is 25.3 Å². The molecule has 0 aromatic heterocycles. The molecule has 0 fully saturated rings. The minimum atomic E-state index is -0.530. The fourth-order valence-electron chi connectivity index (χ4n) is 2.85. The lowest BCUT2D eigenvalue weighted by molar-refractivity contribution is -0.142. The fourth-order valence-corrected chi connectivity index (χ4v) is 2.85. The van der Waals surface area contributed by atoms with Crippen molar-refractivity contribution in [2.75, 3.05) is 13.2 Å². The summed E-state index contributed by atoms with van der Waals surface area (Å²) < 4.78 is 5.62. The number of nitrogens with zero attached hydrogens (tertiary/aromatic N) is 1. The first-order valence-electron chi connectivity index (χ1n) is 9.35. The normalized spacial score (nSPS) is 11.5. The fraction of sp³-hybridized carbons (Fsp3) is 0.364. The molecular formula is C22H28N2O3. The van der Waals surface area contributed by atoms with Crippen molar-refractivity contribution < 1.29 is 14.3 Å². The third kappa shape index (κ3) is 6.13. The van der Waals surface area contributed by atoms with Crippen molar-refractivity contribution in [2.45, 2.75) is 39.8 Å². The van der Waals surface area contributed by atoms with Gasteiger partial charge in [0, 0.05) is 13.1 Å². The van der Waals surface area contributed by atoms with Gasteiger partial charge in [0.25, 0.3) is 5.91 Å². The Morgan fingerprint density at radius 1 is 1.04 bits per heavy atom. The highest BCUT2D eigenvalue weighted by Crippen LogP contribution is 2.15. The number of carbonyl (C=O) groups is 2. The van der Waals surface area contributed by atoms with Crippen LogP contribution in [0.3, 0.4) is 0 Å². The highest BCUT2D eigenvalue weighted by Gasteiger charge is 2.28. The van der Waals surface area contributed by atoms with E-state index in [1.807, 2.05) is 63.2 Å². The molecule has 2 rings (SSSR count). The molecule has 0 aliphatic rings. The molecule has 144 valence electrons. The molecule has 2 amide bonds. The molecular weight excluding hydrogens is 340 g/mol. The predicted octanol–water partition coefficient (Wildman–Crippen LogP) is 3.32. The van der Waals surface area contributed by atoms with Gasteiger partial charge in [-0.15, -0.1) is 0 Å². The molecule has 0 saturated carbocycles. The van der Waals surface area contributed by atoms with E-state index in [2.05, 4.69) is 5.32 Å². The van der Waals surface area contributed by atoms with Gasteiger partial charge < -0.3 is 15.0 Å². The van der Waals surface area contributed by atoms with Gasteiger partial charge in [0.05, 0.1) is 0 Å². The second-order valence-corrected chi connectivity index (χ2v) is 6.43. The van der Waals surface area contributed by atoms with E-state index in [1.54, 1.807) is 17.0 Å². The summed E-state index contributed by atoms with van der Waals surface area (Å²) in [5.41, 5.74) is 2.14. The maximum Gasteiger partial charge on any atom is 0.261 e. The van der Waals surface area contributed by atoms with Crippen molar-refractivity contribution >= 4 is 11.8 Å². The number of ether oxygens (including phenoxy) is 1. The average Bonchev–Trinajstić information content (AvgIpc) is 2.68. The minimum Gasteiger partial charge on any atom is -0.484 e. The summed E-state index contributed by atoms with van der Waals surface area (Å²) in [6.45, 7) is 6.59. The molecule has 2 aromatic rings. The average molecular weight is 368 g/mol. The van der Waals surface area contributed by atoms with Crippen molar-refractivity contribution in [3.63, 3.8) is 0 Å². The van der Waals surface area contributed by atoms with Crippen LogP contribution in [0.15, 0.2) is 54.6 Å². The number of nitrogens with one attached hydrogen (secondary N) is 1. The monoisotopic (exact) mass is 368 g/mol. The lowest BCUT2D eigenvalue weighted by Crippen LogP contribution is -2.50. The van der Waals surface area contributed by atoms with E-state index >= 15 is 0 Å². The SMILES string of the molecule is CCNC(=O)[C@@H](CC)N(Cc1ccc(C)cc1)C(=O)COc1ccccc1. The van der Waals surface area contributed by atoms with Crippen LogP contribution in [0.5, 0.6) is 5.75 Å². The Bertz CT molecular complexity index is 729. The number of carbonyl (C=O) groups excluding carboxylic acids is 2. The van der Waals surface area contributed by atoms with Crippen LogP contribution in [0.2, 0.25) is 0 Å². The number of amides is 2. The number of rotatable bonds is 9. The first-order valence-corrected chi connectivity index (χ1v) is 9.35. The molecule has 0 bridgehead atoms. The molecule has 0 radical (unpaired) electrons. The molecule has 0 unspecified atom stereocenters. The van der Waals surface area contributed by atoms with E-state index in [1.165, 1.54) is 0 Å². The maximum atomic E-state index is 12.9. The molecule has 5 heteroatoms. The molecule has 27 heavy (non-hydrogen) atoms. The van der Waals surface area contributed by atoms with E-state index in [0.717, 1.165) is 11.1 Å². The van der Waals surface area contributed by atoms with Crippen LogP contribution in [0, 0.1) is 6.92 Å². The molecule has 0 saturated heterocycles. The van der Waals surface area contributed by atoms with Crippen LogP contribution < -0.4 is 10.1 Å². The Kier molecular flexibility index (Phi) is 7.86. The van der Waals surface area contributed by atoms with Gasteiger partial charge in [0.1, 0.15) is 11.8 Å². The first-order chi connectivity index (χ1) is 13.0. The van der Waals surface area contributed by atoms with Gasteiger partial charge in [0.15, 0.2) is 6.61 Å². The third-order valence-electron chi connectivity index (χ3n) is 4.32. The molecule has 2 aromatic carbocycles. The van der Waals surface area contributed by atoms with Gasteiger partial charge in [-0.05, 0) is 38.0 Å². The van der Waals surface area contributed by atoms with Crippen LogP contribution >= 0.6 is 0 Å². The van der Waals surface area contributed by atoms with Crippen molar-refractivity contribution in [3.05, 3.63) is 65.7 Å². The minimum absolute atomic E-state index is 0.105. The van der Waals surface area contributed by atoms with Crippen molar-refractivity contribution in [1.29, 1.82) is 0 Å². The Labute approximate surface area is 161 Å². The Morgan fingerprint density at radius 3 is 2.30 bits per heavy atom. The quantitative estimate of drug-likeness (QED) is 0.739.